The van der Waals surface area contributed by atoms with Crippen LogP contribution in [0.1, 0.15) is 31.9 Å². The first-order valence-electron chi connectivity index (χ1n) is 11.1. The van der Waals surface area contributed by atoms with Crippen LogP contribution in [0.15, 0.2) is 36.3 Å². The SMILES string of the molecule is CC(C)n1ncnc1-c1cn2c(n1)-c1ccc(C3=C(C(N)=O)CN(C(=O)O)CC3)cc1OCC2. The first-order valence-corrected chi connectivity index (χ1v) is 11.1. The van der Waals surface area contributed by atoms with Crippen molar-refractivity contribution in [1.29, 1.82) is 0 Å². The highest BCUT2D eigenvalue weighted by molar-refractivity contribution is 6.01. The number of fused-ring (bicyclic) bond motifs is 3. The lowest BCUT2D eigenvalue weighted by atomic mass is 9.92. The van der Waals surface area contributed by atoms with E-state index in [1.807, 2.05) is 47.5 Å². The van der Waals surface area contributed by atoms with E-state index in [4.69, 9.17) is 15.5 Å². The lowest BCUT2D eigenvalue weighted by molar-refractivity contribution is -0.114. The number of nitrogens with zero attached hydrogens (tertiary/aromatic N) is 6. The highest BCUT2D eigenvalue weighted by atomic mass is 16.5. The maximum Gasteiger partial charge on any atom is 0.407 e. The molecule has 3 N–H and O–H groups in total. The summed E-state index contributed by atoms with van der Waals surface area (Å²) in [6.07, 6.45) is 2.81. The Kier molecular flexibility index (Phi) is 5.31. The van der Waals surface area contributed by atoms with E-state index in [1.54, 1.807) is 0 Å². The molecule has 0 bridgehead atoms. The molecule has 2 aliphatic rings. The topological polar surface area (TPSA) is 141 Å². The molecule has 0 aliphatic carbocycles. The van der Waals surface area contributed by atoms with Crippen LogP contribution in [0, 0.1) is 0 Å². The standard InChI is InChI=1S/C23H25N7O4/c1-13(2)30-22(25-12-26-30)18-11-28-7-8-34-19-9-14(3-4-16(19)21(28)27-18)15-5-6-29(23(32)33)10-17(15)20(24)31/h3-4,9,11-13H,5-8,10H2,1-2H3,(H2,24,31)(H,32,33). The summed E-state index contributed by atoms with van der Waals surface area (Å²) in [5.74, 6) is 1.50. The smallest absolute Gasteiger partial charge is 0.407 e. The van der Waals surface area contributed by atoms with Crippen LogP contribution >= 0.6 is 0 Å². The molecule has 3 aromatic rings. The zero-order valence-electron chi connectivity index (χ0n) is 18.9. The van der Waals surface area contributed by atoms with Crippen molar-refractivity contribution in [3.05, 3.63) is 41.9 Å². The number of carbonyl (C=O) groups excluding carboxylic acids is 1. The summed E-state index contributed by atoms with van der Waals surface area (Å²) >= 11 is 0. The van der Waals surface area contributed by atoms with Gasteiger partial charge in [0.2, 0.25) is 5.91 Å². The van der Waals surface area contributed by atoms with Gasteiger partial charge in [0.15, 0.2) is 5.82 Å². The maximum absolute atomic E-state index is 12.1. The molecule has 1 aromatic carbocycles. The molecule has 0 atom stereocenters. The van der Waals surface area contributed by atoms with Crippen LogP contribution in [0.25, 0.3) is 28.5 Å². The van der Waals surface area contributed by atoms with E-state index in [9.17, 15) is 14.7 Å². The zero-order chi connectivity index (χ0) is 24.0. The van der Waals surface area contributed by atoms with E-state index in [1.165, 1.54) is 11.2 Å². The maximum atomic E-state index is 12.1. The second-order valence-electron chi connectivity index (χ2n) is 8.60. The van der Waals surface area contributed by atoms with Gasteiger partial charge in [-0.05, 0) is 43.5 Å². The third-order valence-electron chi connectivity index (χ3n) is 6.14. The Morgan fingerprint density at radius 1 is 1.21 bits per heavy atom. The number of ether oxygens (including phenoxy) is 1. The average molecular weight is 463 g/mol. The Hall–Kier alpha value is -4.15. The van der Waals surface area contributed by atoms with Crippen LogP contribution in [0.4, 0.5) is 4.79 Å². The minimum Gasteiger partial charge on any atom is -0.491 e. The minimum atomic E-state index is -1.07. The number of rotatable bonds is 4. The molecule has 0 unspecified atom stereocenters. The first-order chi connectivity index (χ1) is 16.3. The summed E-state index contributed by atoms with van der Waals surface area (Å²) < 4.78 is 9.91. The zero-order valence-corrected chi connectivity index (χ0v) is 18.9. The van der Waals surface area contributed by atoms with E-state index >= 15 is 0 Å². The summed E-state index contributed by atoms with van der Waals surface area (Å²) in [5.41, 5.74) is 8.99. The van der Waals surface area contributed by atoms with Gasteiger partial charge < -0.3 is 25.0 Å². The van der Waals surface area contributed by atoms with Crippen molar-refractivity contribution in [3.8, 4) is 28.7 Å². The highest BCUT2D eigenvalue weighted by Gasteiger charge is 2.28. The number of aromatic nitrogens is 5. The number of nitrogens with two attached hydrogens (primary N) is 1. The van der Waals surface area contributed by atoms with E-state index in [0.717, 1.165) is 28.2 Å². The lowest BCUT2D eigenvalue weighted by Crippen LogP contribution is -2.39. The largest absolute Gasteiger partial charge is 0.491 e. The fraction of sp³-hybridized carbons (Fsp3) is 0.348. The number of hydrogen-bond donors (Lipinski definition) is 2. The van der Waals surface area contributed by atoms with Crippen LogP contribution < -0.4 is 10.5 Å². The molecule has 5 rings (SSSR count). The van der Waals surface area contributed by atoms with Crippen LogP contribution in [0.3, 0.4) is 0 Å². The number of carboxylic acid groups (broad SMARTS) is 1. The predicted octanol–water partition coefficient (Wildman–Crippen LogP) is 2.40. The third-order valence-corrected chi connectivity index (χ3v) is 6.14. The minimum absolute atomic E-state index is 0.0256. The molecule has 0 fully saturated rings. The second kappa shape index (κ2) is 8.32. The summed E-state index contributed by atoms with van der Waals surface area (Å²) in [6, 6.07) is 5.85. The molecular weight excluding hydrogens is 438 g/mol. The summed E-state index contributed by atoms with van der Waals surface area (Å²) in [7, 11) is 0. The highest BCUT2D eigenvalue weighted by Crippen LogP contribution is 2.37. The summed E-state index contributed by atoms with van der Waals surface area (Å²) in [6.45, 7) is 5.42. The van der Waals surface area contributed by atoms with Crippen molar-refractivity contribution in [3.63, 3.8) is 0 Å². The molecule has 0 saturated heterocycles. The Morgan fingerprint density at radius 3 is 2.76 bits per heavy atom. The van der Waals surface area contributed by atoms with Crippen LogP contribution in [-0.2, 0) is 11.3 Å². The number of amides is 2. The molecule has 2 aliphatic heterocycles. The molecule has 0 saturated carbocycles. The van der Waals surface area contributed by atoms with Crippen molar-refractivity contribution in [2.75, 3.05) is 19.7 Å². The molecular formula is C23H25N7O4. The van der Waals surface area contributed by atoms with E-state index in [-0.39, 0.29) is 12.6 Å². The van der Waals surface area contributed by atoms with Crippen molar-refractivity contribution in [2.45, 2.75) is 32.9 Å². The average Bonchev–Trinajstić information content (AvgIpc) is 3.43. The fourth-order valence-electron chi connectivity index (χ4n) is 4.46. The molecule has 176 valence electrons. The molecule has 34 heavy (non-hydrogen) atoms. The Bertz CT molecular complexity index is 1320. The van der Waals surface area contributed by atoms with E-state index in [2.05, 4.69) is 10.1 Å². The van der Waals surface area contributed by atoms with Gasteiger partial charge in [-0.1, -0.05) is 6.07 Å². The van der Waals surface area contributed by atoms with Gasteiger partial charge in [0.25, 0.3) is 0 Å². The third kappa shape index (κ3) is 3.68. The van der Waals surface area contributed by atoms with Gasteiger partial charge in [-0.3, -0.25) is 4.79 Å². The molecule has 2 aromatic heterocycles. The van der Waals surface area contributed by atoms with Crippen molar-refractivity contribution in [1.82, 2.24) is 29.2 Å². The van der Waals surface area contributed by atoms with Crippen molar-refractivity contribution in [2.24, 2.45) is 5.73 Å². The fourth-order valence-corrected chi connectivity index (χ4v) is 4.46. The van der Waals surface area contributed by atoms with Gasteiger partial charge >= 0.3 is 6.09 Å². The van der Waals surface area contributed by atoms with Gasteiger partial charge in [0.1, 0.15) is 30.2 Å². The molecule has 11 heteroatoms. The second-order valence-corrected chi connectivity index (χ2v) is 8.60. The predicted molar refractivity (Wildman–Crippen MR) is 123 cm³/mol. The lowest BCUT2D eigenvalue weighted by Gasteiger charge is -2.28. The van der Waals surface area contributed by atoms with Crippen LogP contribution in [-0.4, -0.2) is 66.0 Å². The first kappa shape index (κ1) is 21.7. The van der Waals surface area contributed by atoms with Gasteiger partial charge in [-0.15, -0.1) is 0 Å². The Morgan fingerprint density at radius 2 is 2.03 bits per heavy atom. The number of hydrogen-bond acceptors (Lipinski definition) is 6. The number of imidazole rings is 1. The van der Waals surface area contributed by atoms with Crippen molar-refractivity contribution >= 4 is 17.6 Å². The van der Waals surface area contributed by atoms with Crippen molar-refractivity contribution < 1.29 is 19.4 Å². The van der Waals surface area contributed by atoms with E-state index < -0.39 is 12.0 Å². The number of primary amides is 1. The quantitative estimate of drug-likeness (QED) is 0.605. The van der Waals surface area contributed by atoms with Gasteiger partial charge in [0, 0.05) is 24.4 Å². The molecule has 0 spiro atoms. The molecule has 11 nitrogen and oxygen atoms in total. The normalized spacial score (nSPS) is 15.6. The monoisotopic (exact) mass is 463 g/mol. The van der Waals surface area contributed by atoms with Gasteiger partial charge in [-0.25, -0.2) is 19.4 Å². The van der Waals surface area contributed by atoms with Gasteiger partial charge in [-0.2, -0.15) is 5.10 Å². The molecule has 4 heterocycles. The molecule has 2 amide bonds. The van der Waals surface area contributed by atoms with Crippen LogP contribution in [0.2, 0.25) is 0 Å². The van der Waals surface area contributed by atoms with Gasteiger partial charge in [0.05, 0.1) is 18.7 Å². The summed E-state index contributed by atoms with van der Waals surface area (Å²) in [4.78, 5) is 33.9. The number of benzene rings is 1. The Balaban J connectivity index is 1.55. The van der Waals surface area contributed by atoms with E-state index in [0.29, 0.717) is 43.3 Å². The number of carbonyl (C=O) groups is 2. The molecule has 0 radical (unpaired) electrons. The van der Waals surface area contributed by atoms with Crippen LogP contribution in [0.5, 0.6) is 5.75 Å². The Labute approximate surface area is 195 Å². The summed E-state index contributed by atoms with van der Waals surface area (Å²) in [5, 5.41) is 13.6.